The van der Waals surface area contributed by atoms with E-state index in [1.807, 2.05) is 0 Å². The Morgan fingerprint density at radius 2 is 2.33 bits per heavy atom. The minimum absolute atomic E-state index is 0.0585. The second-order valence-electron chi connectivity index (χ2n) is 3.45. The molecule has 96 valence electrons. The Hall–Kier alpha value is -2.44. The SMILES string of the molecule is C=CCC(Nc1cccc(F)c1[N+](=O)[O-])C(=O)O. The first kappa shape index (κ1) is 13.6. The van der Waals surface area contributed by atoms with Gasteiger partial charge in [-0.15, -0.1) is 6.58 Å². The Bertz CT molecular complexity index is 490. The monoisotopic (exact) mass is 254 g/mol. The van der Waals surface area contributed by atoms with Crippen molar-refractivity contribution in [1.82, 2.24) is 0 Å². The van der Waals surface area contributed by atoms with Crippen LogP contribution in [0.5, 0.6) is 0 Å². The van der Waals surface area contributed by atoms with Gasteiger partial charge in [-0.25, -0.2) is 4.79 Å². The number of hydrogen-bond acceptors (Lipinski definition) is 4. The summed E-state index contributed by atoms with van der Waals surface area (Å²) in [7, 11) is 0. The number of rotatable bonds is 6. The summed E-state index contributed by atoms with van der Waals surface area (Å²) >= 11 is 0. The predicted molar refractivity (Wildman–Crippen MR) is 62.9 cm³/mol. The van der Waals surface area contributed by atoms with Crippen LogP contribution in [0.4, 0.5) is 15.8 Å². The molecule has 0 spiro atoms. The van der Waals surface area contributed by atoms with Crippen LogP contribution in [0, 0.1) is 15.9 Å². The fraction of sp³-hybridized carbons (Fsp3) is 0.182. The topological polar surface area (TPSA) is 92.5 Å². The molecule has 0 saturated heterocycles. The zero-order valence-electron chi connectivity index (χ0n) is 9.30. The van der Waals surface area contributed by atoms with Crippen LogP contribution in [0.2, 0.25) is 0 Å². The number of nitro groups is 1. The number of nitrogens with zero attached hydrogens (tertiary/aromatic N) is 1. The molecule has 1 rings (SSSR count). The minimum atomic E-state index is -1.20. The van der Waals surface area contributed by atoms with Gasteiger partial charge in [0.1, 0.15) is 11.7 Å². The maximum absolute atomic E-state index is 13.3. The van der Waals surface area contributed by atoms with Crippen LogP contribution in [0.3, 0.4) is 0 Å². The Kier molecular flexibility index (Phi) is 4.36. The highest BCUT2D eigenvalue weighted by Crippen LogP contribution is 2.28. The lowest BCUT2D eigenvalue weighted by Crippen LogP contribution is -2.28. The zero-order chi connectivity index (χ0) is 13.7. The summed E-state index contributed by atoms with van der Waals surface area (Å²) < 4.78 is 13.3. The van der Waals surface area contributed by atoms with Gasteiger partial charge >= 0.3 is 11.7 Å². The molecule has 0 aromatic heterocycles. The largest absolute Gasteiger partial charge is 0.480 e. The van der Waals surface area contributed by atoms with Crippen LogP contribution in [-0.4, -0.2) is 22.0 Å². The van der Waals surface area contributed by atoms with Crippen molar-refractivity contribution < 1.29 is 19.2 Å². The molecule has 0 bridgehead atoms. The van der Waals surface area contributed by atoms with Crippen molar-refractivity contribution in [3.05, 3.63) is 46.8 Å². The maximum atomic E-state index is 13.3. The van der Waals surface area contributed by atoms with Gasteiger partial charge in [0, 0.05) is 0 Å². The van der Waals surface area contributed by atoms with Gasteiger partial charge in [0.2, 0.25) is 5.82 Å². The minimum Gasteiger partial charge on any atom is -0.480 e. The Morgan fingerprint density at radius 3 is 2.83 bits per heavy atom. The molecule has 1 aromatic carbocycles. The summed E-state index contributed by atoms with van der Waals surface area (Å²) in [5.74, 6) is -2.22. The molecule has 0 aliphatic heterocycles. The van der Waals surface area contributed by atoms with E-state index in [4.69, 9.17) is 5.11 Å². The van der Waals surface area contributed by atoms with E-state index in [2.05, 4.69) is 11.9 Å². The molecule has 0 amide bonds. The third-order valence-corrected chi connectivity index (χ3v) is 2.20. The van der Waals surface area contributed by atoms with E-state index in [1.54, 1.807) is 0 Å². The van der Waals surface area contributed by atoms with Gasteiger partial charge in [0.25, 0.3) is 0 Å². The molecule has 1 atom stereocenters. The molecule has 0 saturated carbocycles. The number of halogens is 1. The summed E-state index contributed by atoms with van der Waals surface area (Å²) in [6.07, 6.45) is 1.42. The van der Waals surface area contributed by atoms with E-state index in [0.29, 0.717) is 0 Å². The first-order valence-electron chi connectivity index (χ1n) is 5.00. The average molecular weight is 254 g/mol. The second-order valence-corrected chi connectivity index (χ2v) is 3.45. The summed E-state index contributed by atoms with van der Waals surface area (Å²) in [5, 5.41) is 22.0. The number of hydrogen-bond donors (Lipinski definition) is 2. The predicted octanol–water partition coefficient (Wildman–Crippen LogP) is 2.18. The normalized spacial score (nSPS) is 11.6. The molecule has 0 heterocycles. The van der Waals surface area contributed by atoms with Gasteiger partial charge < -0.3 is 10.4 Å². The number of aliphatic carboxylic acids is 1. The first-order valence-corrected chi connectivity index (χ1v) is 5.00. The fourth-order valence-electron chi connectivity index (χ4n) is 1.39. The van der Waals surface area contributed by atoms with E-state index in [0.717, 1.165) is 6.07 Å². The molecule has 2 N–H and O–H groups in total. The molecule has 18 heavy (non-hydrogen) atoms. The summed E-state index contributed by atoms with van der Waals surface area (Å²) in [6.45, 7) is 3.39. The van der Waals surface area contributed by atoms with Crippen LogP contribution in [0.15, 0.2) is 30.9 Å². The van der Waals surface area contributed by atoms with Crippen LogP contribution in [0.25, 0.3) is 0 Å². The third kappa shape index (κ3) is 3.03. The lowest BCUT2D eigenvalue weighted by atomic mass is 10.1. The van der Waals surface area contributed by atoms with E-state index >= 15 is 0 Å². The van der Waals surface area contributed by atoms with Crippen LogP contribution < -0.4 is 5.32 Å². The van der Waals surface area contributed by atoms with E-state index in [-0.39, 0.29) is 12.1 Å². The van der Waals surface area contributed by atoms with Gasteiger partial charge in [-0.3, -0.25) is 10.1 Å². The molecule has 0 radical (unpaired) electrons. The van der Waals surface area contributed by atoms with Crippen LogP contribution in [-0.2, 0) is 4.79 Å². The molecular formula is C11H11FN2O4. The van der Waals surface area contributed by atoms with Crippen molar-refractivity contribution in [3.63, 3.8) is 0 Å². The third-order valence-electron chi connectivity index (χ3n) is 2.20. The van der Waals surface area contributed by atoms with Crippen molar-refractivity contribution in [3.8, 4) is 0 Å². The standard InChI is InChI=1S/C11H11FN2O4/c1-2-4-9(11(15)16)13-8-6-3-5-7(12)10(8)14(17)18/h2-3,5-6,9,13H,1,4H2,(H,15,16). The van der Waals surface area contributed by atoms with Gasteiger partial charge in [-0.1, -0.05) is 12.1 Å². The highest BCUT2D eigenvalue weighted by molar-refractivity contribution is 5.79. The van der Waals surface area contributed by atoms with Gasteiger partial charge in [0.05, 0.1) is 4.92 Å². The molecule has 7 heteroatoms. The number of nitro benzene ring substituents is 1. The highest BCUT2D eigenvalue weighted by Gasteiger charge is 2.24. The Morgan fingerprint density at radius 1 is 1.67 bits per heavy atom. The van der Waals surface area contributed by atoms with Crippen molar-refractivity contribution in [1.29, 1.82) is 0 Å². The zero-order valence-corrected chi connectivity index (χ0v) is 9.30. The number of carboxylic acid groups (broad SMARTS) is 1. The average Bonchev–Trinajstić information content (AvgIpc) is 2.27. The summed E-state index contributed by atoms with van der Waals surface area (Å²) in [5.41, 5.74) is -0.943. The number of benzene rings is 1. The molecule has 6 nitrogen and oxygen atoms in total. The second kappa shape index (κ2) is 5.76. The number of para-hydroxylation sites is 1. The highest BCUT2D eigenvalue weighted by atomic mass is 19.1. The number of carboxylic acids is 1. The van der Waals surface area contributed by atoms with Gasteiger partial charge in [0.15, 0.2) is 0 Å². The van der Waals surface area contributed by atoms with Crippen LogP contribution >= 0.6 is 0 Å². The van der Waals surface area contributed by atoms with Gasteiger partial charge in [-0.05, 0) is 18.6 Å². The Labute approximate surface area is 102 Å². The number of nitrogens with one attached hydrogen (secondary N) is 1. The summed E-state index contributed by atoms with van der Waals surface area (Å²) in [6, 6.07) is 2.35. The van der Waals surface area contributed by atoms with Crippen LogP contribution in [0.1, 0.15) is 6.42 Å². The van der Waals surface area contributed by atoms with Crippen molar-refractivity contribution in [2.45, 2.75) is 12.5 Å². The van der Waals surface area contributed by atoms with Crippen molar-refractivity contribution in [2.75, 3.05) is 5.32 Å². The lowest BCUT2D eigenvalue weighted by Gasteiger charge is -2.13. The molecule has 0 fully saturated rings. The van der Waals surface area contributed by atoms with E-state index in [9.17, 15) is 19.3 Å². The smallest absolute Gasteiger partial charge is 0.327 e. The first-order chi connectivity index (χ1) is 8.47. The van der Waals surface area contributed by atoms with E-state index in [1.165, 1.54) is 18.2 Å². The van der Waals surface area contributed by atoms with Crippen molar-refractivity contribution >= 4 is 17.3 Å². The fourth-order valence-corrected chi connectivity index (χ4v) is 1.39. The Balaban J connectivity index is 3.09. The lowest BCUT2D eigenvalue weighted by molar-refractivity contribution is -0.386. The number of carbonyl (C=O) groups is 1. The molecule has 0 aliphatic rings. The molecule has 0 aliphatic carbocycles. The van der Waals surface area contributed by atoms with Crippen molar-refractivity contribution in [2.24, 2.45) is 0 Å². The quantitative estimate of drug-likeness (QED) is 0.461. The van der Waals surface area contributed by atoms with Gasteiger partial charge in [-0.2, -0.15) is 4.39 Å². The maximum Gasteiger partial charge on any atom is 0.327 e. The summed E-state index contributed by atoms with van der Waals surface area (Å²) in [4.78, 5) is 20.7. The molecular weight excluding hydrogens is 243 g/mol. The number of anilines is 1. The molecule has 1 unspecified atom stereocenters. The van der Waals surface area contributed by atoms with E-state index < -0.39 is 28.4 Å². The molecule has 1 aromatic rings.